The summed E-state index contributed by atoms with van der Waals surface area (Å²) in [6, 6.07) is 0. The predicted molar refractivity (Wildman–Crippen MR) is 33.0 cm³/mol. The summed E-state index contributed by atoms with van der Waals surface area (Å²) in [5, 5.41) is 8.56. The third-order valence-electron chi connectivity index (χ3n) is 0.539. The Balaban J connectivity index is 3.50. The van der Waals surface area contributed by atoms with Gasteiger partial charge in [-0.05, 0) is 0 Å². The number of rotatable bonds is 3. The molecule has 8 heavy (non-hydrogen) atoms. The van der Waals surface area contributed by atoms with Crippen LogP contribution in [-0.4, -0.2) is 12.1 Å². The topological polar surface area (TPSA) is 28.0 Å². The molecule has 0 aliphatic heterocycles. The standard InChI is InChI=1S/C5H9N3/c1-4-6-7-8(3)5-2/h4-5H,1-2H2,3H3. The Bertz CT molecular complexity index is 106. The highest BCUT2D eigenvalue weighted by atomic mass is 15.5. The average Bonchev–Trinajstić information content (AvgIpc) is 1.83. The maximum absolute atomic E-state index is 3.58. The van der Waals surface area contributed by atoms with Crippen molar-refractivity contribution in [3.05, 3.63) is 25.6 Å². The zero-order valence-corrected chi connectivity index (χ0v) is 4.91. The lowest BCUT2D eigenvalue weighted by atomic mass is 11.0. The second kappa shape index (κ2) is 4.05. The molecule has 3 heteroatoms. The molecular formula is C5H9N3. The van der Waals surface area contributed by atoms with Crippen LogP contribution in [0.25, 0.3) is 0 Å². The van der Waals surface area contributed by atoms with E-state index in [0.29, 0.717) is 0 Å². The Morgan fingerprint density at radius 2 is 2.12 bits per heavy atom. The van der Waals surface area contributed by atoms with E-state index in [2.05, 4.69) is 23.5 Å². The monoisotopic (exact) mass is 111 g/mol. The minimum absolute atomic E-state index is 1.36. The fraction of sp³-hybridized carbons (Fsp3) is 0.200. The second-order valence-corrected chi connectivity index (χ2v) is 1.14. The molecule has 0 bridgehead atoms. The number of hydrogen-bond donors (Lipinski definition) is 0. The van der Waals surface area contributed by atoms with Crippen molar-refractivity contribution in [3.63, 3.8) is 0 Å². The van der Waals surface area contributed by atoms with Gasteiger partial charge in [0, 0.05) is 19.4 Å². The Labute approximate surface area is 49.0 Å². The van der Waals surface area contributed by atoms with Crippen molar-refractivity contribution in [2.24, 2.45) is 10.3 Å². The molecule has 0 N–H and O–H groups in total. The van der Waals surface area contributed by atoms with Crippen LogP contribution >= 0.6 is 0 Å². The number of hydrogen-bond acceptors (Lipinski definition) is 2. The van der Waals surface area contributed by atoms with Gasteiger partial charge in [-0.15, -0.1) is 5.11 Å². The van der Waals surface area contributed by atoms with Gasteiger partial charge in [-0.2, -0.15) is 0 Å². The van der Waals surface area contributed by atoms with Crippen molar-refractivity contribution in [2.45, 2.75) is 0 Å². The fourth-order valence-electron chi connectivity index (χ4n) is 0.154. The van der Waals surface area contributed by atoms with Crippen molar-refractivity contribution < 1.29 is 0 Å². The van der Waals surface area contributed by atoms with Crippen LogP contribution in [0.1, 0.15) is 0 Å². The van der Waals surface area contributed by atoms with E-state index >= 15 is 0 Å². The first-order valence-corrected chi connectivity index (χ1v) is 2.18. The Kier molecular flexibility index (Phi) is 3.48. The smallest absolute Gasteiger partial charge is 0.0441 e. The molecule has 0 amide bonds. The molecule has 44 valence electrons. The first-order chi connectivity index (χ1) is 3.81. The van der Waals surface area contributed by atoms with Crippen LogP contribution in [-0.2, 0) is 0 Å². The summed E-state index contributed by atoms with van der Waals surface area (Å²) >= 11 is 0. The molecular weight excluding hydrogens is 102 g/mol. The lowest BCUT2D eigenvalue weighted by molar-refractivity contribution is 0.458. The van der Waals surface area contributed by atoms with Crippen LogP contribution in [0, 0.1) is 0 Å². The van der Waals surface area contributed by atoms with Crippen LogP contribution in [0.15, 0.2) is 35.9 Å². The van der Waals surface area contributed by atoms with Gasteiger partial charge >= 0.3 is 0 Å². The highest BCUT2D eigenvalue weighted by Gasteiger charge is 1.74. The Hall–Kier alpha value is -1.12. The van der Waals surface area contributed by atoms with Gasteiger partial charge in [0.25, 0.3) is 0 Å². The van der Waals surface area contributed by atoms with E-state index < -0.39 is 0 Å². The SMILES string of the molecule is C=CN=NN(C)C=C. The molecule has 0 saturated heterocycles. The van der Waals surface area contributed by atoms with E-state index in [1.165, 1.54) is 11.2 Å². The summed E-state index contributed by atoms with van der Waals surface area (Å²) in [6.07, 6.45) is 2.91. The zero-order valence-electron chi connectivity index (χ0n) is 4.91. The third kappa shape index (κ3) is 3.08. The summed E-state index contributed by atoms with van der Waals surface area (Å²) in [6.45, 7) is 6.80. The van der Waals surface area contributed by atoms with Crippen LogP contribution in [0.3, 0.4) is 0 Å². The van der Waals surface area contributed by atoms with Gasteiger partial charge in [0.05, 0.1) is 0 Å². The quantitative estimate of drug-likeness (QED) is 0.401. The van der Waals surface area contributed by atoms with Gasteiger partial charge in [-0.1, -0.05) is 18.4 Å². The number of nitrogens with zero attached hydrogens (tertiary/aromatic N) is 3. The molecule has 0 unspecified atom stereocenters. The first kappa shape index (κ1) is 6.88. The van der Waals surface area contributed by atoms with E-state index in [4.69, 9.17) is 0 Å². The molecule has 0 heterocycles. The van der Waals surface area contributed by atoms with Crippen LogP contribution in [0.5, 0.6) is 0 Å². The van der Waals surface area contributed by atoms with Gasteiger partial charge < -0.3 is 0 Å². The molecule has 0 atom stereocenters. The normalized spacial score (nSPS) is 9.12. The Morgan fingerprint density at radius 3 is 2.50 bits per heavy atom. The van der Waals surface area contributed by atoms with Crippen molar-refractivity contribution in [3.8, 4) is 0 Å². The molecule has 0 rings (SSSR count). The Morgan fingerprint density at radius 1 is 1.50 bits per heavy atom. The molecule has 0 radical (unpaired) electrons. The van der Waals surface area contributed by atoms with Gasteiger partial charge in [0.1, 0.15) is 0 Å². The van der Waals surface area contributed by atoms with Crippen molar-refractivity contribution >= 4 is 0 Å². The fourth-order valence-corrected chi connectivity index (χ4v) is 0.154. The predicted octanol–water partition coefficient (Wildman–Crippen LogP) is 1.57. The molecule has 0 spiro atoms. The molecule has 0 fully saturated rings. The van der Waals surface area contributed by atoms with Gasteiger partial charge in [0.15, 0.2) is 0 Å². The highest BCUT2D eigenvalue weighted by molar-refractivity contribution is 4.62. The van der Waals surface area contributed by atoms with E-state index in [1.54, 1.807) is 13.2 Å². The van der Waals surface area contributed by atoms with Crippen LogP contribution in [0.2, 0.25) is 0 Å². The molecule has 0 aliphatic carbocycles. The maximum atomic E-state index is 3.58. The molecule has 0 aromatic rings. The summed E-state index contributed by atoms with van der Waals surface area (Å²) in [5.41, 5.74) is 0. The first-order valence-electron chi connectivity index (χ1n) is 2.18. The van der Waals surface area contributed by atoms with E-state index in [0.717, 1.165) is 0 Å². The molecule has 0 aliphatic rings. The van der Waals surface area contributed by atoms with E-state index in [1.807, 2.05) is 0 Å². The second-order valence-electron chi connectivity index (χ2n) is 1.14. The molecule has 0 aromatic heterocycles. The lowest BCUT2D eigenvalue weighted by Gasteiger charge is -1.98. The molecule has 0 saturated carbocycles. The van der Waals surface area contributed by atoms with Crippen molar-refractivity contribution in [1.29, 1.82) is 0 Å². The third-order valence-corrected chi connectivity index (χ3v) is 0.539. The van der Waals surface area contributed by atoms with Crippen molar-refractivity contribution in [1.82, 2.24) is 5.01 Å². The average molecular weight is 111 g/mol. The summed E-state index contributed by atoms with van der Waals surface area (Å²) < 4.78 is 0. The lowest BCUT2D eigenvalue weighted by Crippen LogP contribution is -1.96. The summed E-state index contributed by atoms with van der Waals surface area (Å²) in [7, 11) is 1.74. The van der Waals surface area contributed by atoms with Gasteiger partial charge in [-0.3, -0.25) is 5.01 Å². The molecule has 0 aromatic carbocycles. The largest absolute Gasteiger partial charge is 0.258 e. The van der Waals surface area contributed by atoms with E-state index in [9.17, 15) is 0 Å². The zero-order chi connectivity index (χ0) is 6.41. The summed E-state index contributed by atoms with van der Waals surface area (Å²) in [4.78, 5) is 0. The van der Waals surface area contributed by atoms with Gasteiger partial charge in [-0.25, -0.2) is 0 Å². The highest BCUT2D eigenvalue weighted by Crippen LogP contribution is 1.83. The van der Waals surface area contributed by atoms with E-state index in [-0.39, 0.29) is 0 Å². The maximum Gasteiger partial charge on any atom is 0.0441 e. The van der Waals surface area contributed by atoms with Crippen molar-refractivity contribution in [2.75, 3.05) is 7.05 Å². The summed E-state index contributed by atoms with van der Waals surface area (Å²) in [5.74, 6) is 0. The van der Waals surface area contributed by atoms with Crippen LogP contribution < -0.4 is 0 Å². The molecule has 3 nitrogen and oxygen atoms in total. The minimum atomic E-state index is 1.36. The van der Waals surface area contributed by atoms with Gasteiger partial charge in [0.2, 0.25) is 0 Å². The van der Waals surface area contributed by atoms with Crippen LogP contribution in [0.4, 0.5) is 0 Å². The minimum Gasteiger partial charge on any atom is -0.258 e.